The molecule has 2 N–H and O–H groups in total. The van der Waals surface area contributed by atoms with E-state index < -0.39 is 24.3 Å². The zero-order valence-corrected chi connectivity index (χ0v) is 19.3. The van der Waals surface area contributed by atoms with Gasteiger partial charge in [0.1, 0.15) is 11.4 Å². The summed E-state index contributed by atoms with van der Waals surface area (Å²) in [7, 11) is 0. The number of nitrogens with one attached hydrogen (secondary N) is 1. The summed E-state index contributed by atoms with van der Waals surface area (Å²) in [4.78, 5) is 28.3. The maximum Gasteiger partial charge on any atom is 0.573 e. The minimum absolute atomic E-state index is 0.114. The third-order valence-electron chi connectivity index (χ3n) is 5.31. The summed E-state index contributed by atoms with van der Waals surface area (Å²) in [5.74, 6) is -2.26. The Bertz CT molecular complexity index is 1150. The number of hydrogen-bond donors (Lipinski definition) is 2. The molecule has 0 aliphatic rings. The number of carbonyl (C=O) groups excluding carboxylic acids is 1. The van der Waals surface area contributed by atoms with Crippen LogP contribution in [-0.2, 0) is 0 Å². The molecule has 2 atom stereocenters. The van der Waals surface area contributed by atoms with Gasteiger partial charge in [0.2, 0.25) is 0 Å². The Morgan fingerprint density at radius 2 is 1.66 bits per heavy atom. The van der Waals surface area contributed by atoms with Crippen LogP contribution in [-0.4, -0.2) is 28.3 Å². The molecule has 0 spiro atoms. The predicted octanol–water partition coefficient (Wildman–Crippen LogP) is 6.39. The number of hydrogen-bond acceptors (Lipinski definition) is 4. The fourth-order valence-electron chi connectivity index (χ4n) is 3.73. The lowest BCUT2D eigenvalue weighted by atomic mass is 9.83. The van der Waals surface area contributed by atoms with Crippen molar-refractivity contribution in [2.45, 2.75) is 38.1 Å². The van der Waals surface area contributed by atoms with Gasteiger partial charge in [-0.25, -0.2) is 9.78 Å². The summed E-state index contributed by atoms with van der Waals surface area (Å²) in [6, 6.07) is 13.9. The molecule has 35 heavy (non-hydrogen) atoms. The molecule has 2 unspecified atom stereocenters. The smallest absolute Gasteiger partial charge is 0.478 e. The Kier molecular flexibility index (Phi) is 8.34. The Morgan fingerprint density at radius 1 is 1.03 bits per heavy atom. The third-order valence-corrected chi connectivity index (χ3v) is 5.53. The van der Waals surface area contributed by atoms with E-state index in [1.807, 2.05) is 6.92 Å². The standard InChI is InChI=1S/C25H22ClF3N2O4/c1-2-3-20(15-4-6-17(7-5-15)24(33)34)22(31-23(32)21-13-10-18(26)14-30-21)16-8-11-19(12-9-16)35-25(27,28)29/h4-14,20,22H,2-3H2,1H3,(H,31,32)(H,33,34). The highest BCUT2D eigenvalue weighted by atomic mass is 35.5. The van der Waals surface area contributed by atoms with Crippen molar-refractivity contribution in [1.82, 2.24) is 10.3 Å². The van der Waals surface area contributed by atoms with Crippen molar-refractivity contribution in [1.29, 1.82) is 0 Å². The van der Waals surface area contributed by atoms with Crippen LogP contribution in [0.2, 0.25) is 5.02 Å². The van der Waals surface area contributed by atoms with E-state index >= 15 is 0 Å². The third kappa shape index (κ3) is 7.19. The van der Waals surface area contributed by atoms with Gasteiger partial charge < -0.3 is 15.2 Å². The van der Waals surface area contributed by atoms with Crippen LogP contribution in [0.3, 0.4) is 0 Å². The molecule has 3 rings (SSSR count). The van der Waals surface area contributed by atoms with Gasteiger partial charge in [-0.1, -0.05) is 49.2 Å². The normalized spacial score (nSPS) is 13.1. The molecule has 0 saturated carbocycles. The molecule has 10 heteroatoms. The number of nitrogens with zero attached hydrogens (tertiary/aromatic N) is 1. The van der Waals surface area contributed by atoms with E-state index in [-0.39, 0.29) is 22.9 Å². The molecule has 0 fully saturated rings. The van der Waals surface area contributed by atoms with E-state index in [1.54, 1.807) is 12.1 Å². The van der Waals surface area contributed by atoms with Gasteiger partial charge in [0, 0.05) is 12.1 Å². The van der Waals surface area contributed by atoms with E-state index in [1.165, 1.54) is 54.7 Å². The van der Waals surface area contributed by atoms with Gasteiger partial charge in [-0.2, -0.15) is 0 Å². The number of carboxylic acid groups (broad SMARTS) is 1. The molecule has 184 valence electrons. The number of aromatic nitrogens is 1. The fourth-order valence-corrected chi connectivity index (χ4v) is 3.84. The lowest BCUT2D eigenvalue weighted by molar-refractivity contribution is -0.274. The maximum absolute atomic E-state index is 13.0. The Labute approximate surface area is 204 Å². The van der Waals surface area contributed by atoms with Gasteiger partial charge >= 0.3 is 12.3 Å². The molecule has 2 aromatic carbocycles. The topological polar surface area (TPSA) is 88.5 Å². The minimum Gasteiger partial charge on any atom is -0.478 e. The summed E-state index contributed by atoms with van der Waals surface area (Å²) in [5.41, 5.74) is 1.54. The molecule has 1 aromatic heterocycles. The van der Waals surface area contributed by atoms with Crippen LogP contribution >= 0.6 is 11.6 Å². The molecule has 0 radical (unpaired) electrons. The lowest BCUT2D eigenvalue weighted by Crippen LogP contribution is -2.33. The molecule has 1 heterocycles. The number of halogens is 4. The second kappa shape index (κ2) is 11.2. The predicted molar refractivity (Wildman–Crippen MR) is 124 cm³/mol. The molecule has 3 aromatic rings. The van der Waals surface area contributed by atoms with Crippen LogP contribution in [0.4, 0.5) is 13.2 Å². The SMILES string of the molecule is CCCC(c1ccc(C(=O)O)cc1)C(NC(=O)c1ccc(Cl)cn1)c1ccc(OC(F)(F)F)cc1. The highest BCUT2D eigenvalue weighted by Crippen LogP contribution is 2.36. The van der Waals surface area contributed by atoms with Crippen molar-refractivity contribution >= 4 is 23.5 Å². The Morgan fingerprint density at radius 3 is 2.17 bits per heavy atom. The van der Waals surface area contributed by atoms with Crippen molar-refractivity contribution in [2.24, 2.45) is 0 Å². The van der Waals surface area contributed by atoms with Gasteiger partial charge in [0.05, 0.1) is 16.6 Å². The summed E-state index contributed by atoms with van der Waals surface area (Å²) >= 11 is 5.86. The van der Waals surface area contributed by atoms with Gasteiger partial charge in [0.25, 0.3) is 5.91 Å². The van der Waals surface area contributed by atoms with Gasteiger partial charge in [-0.05, 0) is 53.9 Å². The zero-order valence-electron chi connectivity index (χ0n) is 18.6. The van der Waals surface area contributed by atoms with Crippen LogP contribution in [0.1, 0.15) is 63.7 Å². The molecule has 0 saturated heterocycles. The summed E-state index contributed by atoms with van der Waals surface area (Å²) in [6.07, 6.45) is -2.16. The van der Waals surface area contributed by atoms with Crippen molar-refractivity contribution in [3.8, 4) is 5.75 Å². The van der Waals surface area contributed by atoms with Crippen molar-refractivity contribution in [3.63, 3.8) is 0 Å². The van der Waals surface area contributed by atoms with Crippen molar-refractivity contribution in [3.05, 3.63) is 94.3 Å². The quantitative estimate of drug-likeness (QED) is 0.351. The molecular formula is C25H22ClF3N2O4. The van der Waals surface area contributed by atoms with E-state index in [9.17, 15) is 27.9 Å². The minimum atomic E-state index is -4.83. The van der Waals surface area contributed by atoms with Gasteiger partial charge in [-0.3, -0.25) is 4.79 Å². The van der Waals surface area contributed by atoms with Gasteiger partial charge in [-0.15, -0.1) is 13.2 Å². The lowest BCUT2D eigenvalue weighted by Gasteiger charge is -2.29. The second-order valence-corrected chi connectivity index (χ2v) is 8.19. The van der Waals surface area contributed by atoms with Crippen LogP contribution in [0.15, 0.2) is 66.9 Å². The number of alkyl halides is 3. The first-order valence-electron chi connectivity index (χ1n) is 10.7. The van der Waals surface area contributed by atoms with Crippen LogP contribution in [0.5, 0.6) is 5.75 Å². The highest BCUT2D eigenvalue weighted by Gasteiger charge is 2.32. The maximum atomic E-state index is 13.0. The average molecular weight is 507 g/mol. The number of rotatable bonds is 9. The number of aromatic carboxylic acids is 1. The second-order valence-electron chi connectivity index (χ2n) is 7.75. The van der Waals surface area contributed by atoms with Crippen LogP contribution < -0.4 is 10.1 Å². The Balaban J connectivity index is 1.99. The monoisotopic (exact) mass is 506 g/mol. The van der Waals surface area contributed by atoms with Crippen LogP contribution in [0, 0.1) is 0 Å². The van der Waals surface area contributed by atoms with Crippen LogP contribution in [0.25, 0.3) is 0 Å². The molecule has 0 aliphatic carbocycles. The molecule has 1 amide bonds. The van der Waals surface area contributed by atoms with E-state index in [0.717, 1.165) is 12.0 Å². The largest absolute Gasteiger partial charge is 0.573 e. The number of carbonyl (C=O) groups is 2. The first-order valence-corrected chi connectivity index (χ1v) is 11.1. The highest BCUT2D eigenvalue weighted by molar-refractivity contribution is 6.30. The van der Waals surface area contributed by atoms with E-state index in [4.69, 9.17) is 11.6 Å². The first-order chi connectivity index (χ1) is 16.6. The number of carboxylic acids is 1. The molecule has 6 nitrogen and oxygen atoms in total. The van der Waals surface area contributed by atoms with Gasteiger partial charge in [0.15, 0.2) is 0 Å². The number of benzene rings is 2. The fraction of sp³-hybridized carbons (Fsp3) is 0.240. The Hall–Kier alpha value is -3.59. The molecule has 0 bridgehead atoms. The summed E-state index contributed by atoms with van der Waals surface area (Å²) in [6.45, 7) is 1.96. The number of ether oxygens (including phenoxy) is 1. The zero-order chi connectivity index (χ0) is 25.6. The van der Waals surface area contributed by atoms with Crippen molar-refractivity contribution in [2.75, 3.05) is 0 Å². The van der Waals surface area contributed by atoms with Crippen molar-refractivity contribution < 1.29 is 32.6 Å². The molecular weight excluding hydrogens is 485 g/mol. The first kappa shape index (κ1) is 26.0. The molecule has 0 aliphatic heterocycles. The van der Waals surface area contributed by atoms with E-state index in [2.05, 4.69) is 15.0 Å². The van der Waals surface area contributed by atoms with E-state index in [0.29, 0.717) is 17.0 Å². The number of pyridine rings is 1. The summed E-state index contributed by atoms with van der Waals surface area (Å²) in [5, 5.41) is 12.5. The average Bonchev–Trinajstić information content (AvgIpc) is 2.81. The number of amides is 1. The summed E-state index contributed by atoms with van der Waals surface area (Å²) < 4.78 is 41.7.